The van der Waals surface area contributed by atoms with Gasteiger partial charge in [-0.25, -0.2) is 9.97 Å². The molecule has 3 rings (SSSR count). The molecule has 0 aromatic carbocycles. The van der Waals surface area contributed by atoms with E-state index in [1.807, 2.05) is 6.20 Å². The molecule has 0 aliphatic heterocycles. The highest BCUT2D eigenvalue weighted by atomic mass is 32.1. The molecule has 3 heteroatoms. The number of thiophene rings is 1. The molecule has 0 bridgehead atoms. The molecule has 0 amide bonds. The van der Waals surface area contributed by atoms with Crippen molar-refractivity contribution in [3.05, 3.63) is 23.0 Å². The Kier molecular flexibility index (Phi) is 1.44. The van der Waals surface area contributed by atoms with Crippen LogP contribution in [0.2, 0.25) is 0 Å². The van der Waals surface area contributed by atoms with Crippen molar-refractivity contribution in [1.29, 1.82) is 0 Å². The summed E-state index contributed by atoms with van der Waals surface area (Å²) in [5.41, 5.74) is 2.44. The summed E-state index contributed by atoms with van der Waals surface area (Å²) in [5, 5.41) is 2.15. The van der Waals surface area contributed by atoms with Gasteiger partial charge >= 0.3 is 0 Å². The van der Waals surface area contributed by atoms with Crippen molar-refractivity contribution in [3.63, 3.8) is 0 Å². The average Bonchev–Trinajstić information content (AvgIpc) is 2.93. The minimum absolute atomic E-state index is 0.656. The van der Waals surface area contributed by atoms with Crippen LogP contribution >= 0.6 is 11.3 Å². The fraction of sp³-hybridized carbons (Fsp3) is 0.400. The highest BCUT2D eigenvalue weighted by molar-refractivity contribution is 7.17. The van der Waals surface area contributed by atoms with E-state index < -0.39 is 0 Å². The Hall–Kier alpha value is -0.960. The number of rotatable bonds is 1. The van der Waals surface area contributed by atoms with Gasteiger partial charge in [0.15, 0.2) is 0 Å². The lowest BCUT2D eigenvalue weighted by Crippen LogP contribution is -1.90. The standard InChI is InChI=1S/C10H10N2S/c1-6-5-13-8-4-11-10(7-2-3-7)12-9(6)8/h4-5,7H,2-3H2,1H3. The Labute approximate surface area is 80.6 Å². The van der Waals surface area contributed by atoms with Gasteiger partial charge in [-0.1, -0.05) is 0 Å². The van der Waals surface area contributed by atoms with Crippen molar-refractivity contribution in [2.24, 2.45) is 0 Å². The summed E-state index contributed by atoms with van der Waals surface area (Å²) in [5.74, 6) is 1.71. The first kappa shape index (κ1) is 7.44. The molecule has 0 unspecified atom stereocenters. The van der Waals surface area contributed by atoms with E-state index >= 15 is 0 Å². The molecule has 0 spiro atoms. The summed E-state index contributed by atoms with van der Waals surface area (Å²) in [6, 6.07) is 0. The minimum atomic E-state index is 0.656. The van der Waals surface area contributed by atoms with Crippen LogP contribution in [0.1, 0.15) is 30.1 Å². The second-order valence-corrected chi connectivity index (χ2v) is 4.55. The Morgan fingerprint density at radius 2 is 2.31 bits per heavy atom. The summed E-state index contributed by atoms with van der Waals surface area (Å²) in [6.45, 7) is 2.11. The van der Waals surface area contributed by atoms with Gasteiger partial charge in [-0.05, 0) is 30.7 Å². The molecule has 66 valence electrons. The van der Waals surface area contributed by atoms with Crippen molar-refractivity contribution in [2.75, 3.05) is 0 Å². The SMILES string of the molecule is Cc1csc2cnc(C3CC3)nc12. The molecule has 1 aliphatic carbocycles. The molecule has 1 fully saturated rings. The van der Waals surface area contributed by atoms with Crippen LogP contribution in [0.3, 0.4) is 0 Å². The fourth-order valence-corrected chi connectivity index (χ4v) is 2.35. The zero-order valence-corrected chi connectivity index (χ0v) is 8.27. The van der Waals surface area contributed by atoms with Crippen molar-refractivity contribution >= 4 is 21.6 Å². The normalized spacial score (nSPS) is 16.7. The van der Waals surface area contributed by atoms with Crippen LogP contribution in [0, 0.1) is 6.92 Å². The minimum Gasteiger partial charge on any atom is -0.240 e. The molecule has 0 saturated heterocycles. The van der Waals surface area contributed by atoms with E-state index in [2.05, 4.69) is 22.3 Å². The first-order valence-electron chi connectivity index (χ1n) is 4.55. The van der Waals surface area contributed by atoms with E-state index in [4.69, 9.17) is 0 Å². The molecule has 2 heterocycles. The van der Waals surface area contributed by atoms with E-state index in [1.165, 1.54) is 23.1 Å². The fourth-order valence-electron chi connectivity index (χ4n) is 1.50. The first-order valence-corrected chi connectivity index (χ1v) is 5.43. The van der Waals surface area contributed by atoms with Crippen LogP contribution in [-0.2, 0) is 0 Å². The lowest BCUT2D eigenvalue weighted by atomic mass is 10.3. The topological polar surface area (TPSA) is 25.8 Å². The maximum Gasteiger partial charge on any atom is 0.132 e. The number of nitrogens with zero attached hydrogens (tertiary/aromatic N) is 2. The molecule has 0 atom stereocenters. The quantitative estimate of drug-likeness (QED) is 0.691. The molecule has 2 aromatic heterocycles. The van der Waals surface area contributed by atoms with Gasteiger partial charge < -0.3 is 0 Å². The van der Waals surface area contributed by atoms with Gasteiger partial charge in [0.05, 0.1) is 10.2 Å². The lowest BCUT2D eigenvalue weighted by molar-refractivity contribution is 0.948. The highest BCUT2D eigenvalue weighted by Gasteiger charge is 2.26. The zero-order valence-electron chi connectivity index (χ0n) is 7.45. The highest BCUT2D eigenvalue weighted by Crippen LogP contribution is 2.38. The Balaban J connectivity index is 2.24. The van der Waals surface area contributed by atoms with E-state index in [0.29, 0.717) is 5.92 Å². The van der Waals surface area contributed by atoms with E-state index in [1.54, 1.807) is 11.3 Å². The van der Waals surface area contributed by atoms with Crippen molar-refractivity contribution < 1.29 is 0 Å². The Bertz CT molecular complexity index is 457. The summed E-state index contributed by atoms with van der Waals surface area (Å²) >= 11 is 1.73. The maximum atomic E-state index is 4.60. The average molecular weight is 190 g/mol. The molecule has 0 N–H and O–H groups in total. The van der Waals surface area contributed by atoms with Crippen LogP contribution in [0.25, 0.3) is 10.2 Å². The number of aryl methyl sites for hydroxylation is 1. The van der Waals surface area contributed by atoms with Gasteiger partial charge in [0.25, 0.3) is 0 Å². The molecule has 1 aliphatic rings. The molecule has 0 radical (unpaired) electrons. The second-order valence-electron chi connectivity index (χ2n) is 3.63. The van der Waals surface area contributed by atoms with Gasteiger partial charge in [0.1, 0.15) is 5.82 Å². The molecule has 2 nitrogen and oxygen atoms in total. The Morgan fingerprint density at radius 1 is 1.46 bits per heavy atom. The predicted molar refractivity (Wildman–Crippen MR) is 54.1 cm³/mol. The van der Waals surface area contributed by atoms with Gasteiger partial charge in [-0.3, -0.25) is 0 Å². The first-order chi connectivity index (χ1) is 6.34. The predicted octanol–water partition coefficient (Wildman–Crippen LogP) is 2.88. The third-order valence-electron chi connectivity index (χ3n) is 2.45. The number of hydrogen-bond acceptors (Lipinski definition) is 3. The zero-order chi connectivity index (χ0) is 8.84. The maximum absolute atomic E-state index is 4.60. The van der Waals surface area contributed by atoms with Crippen LogP contribution in [0.4, 0.5) is 0 Å². The largest absolute Gasteiger partial charge is 0.240 e. The molecular weight excluding hydrogens is 180 g/mol. The van der Waals surface area contributed by atoms with Gasteiger partial charge in [-0.15, -0.1) is 11.3 Å². The lowest BCUT2D eigenvalue weighted by Gasteiger charge is -1.96. The second kappa shape index (κ2) is 2.51. The molecular formula is C10H10N2S. The Morgan fingerprint density at radius 3 is 3.08 bits per heavy atom. The van der Waals surface area contributed by atoms with Crippen LogP contribution in [-0.4, -0.2) is 9.97 Å². The van der Waals surface area contributed by atoms with Crippen molar-refractivity contribution in [1.82, 2.24) is 9.97 Å². The monoisotopic (exact) mass is 190 g/mol. The van der Waals surface area contributed by atoms with Gasteiger partial charge in [0.2, 0.25) is 0 Å². The van der Waals surface area contributed by atoms with Crippen molar-refractivity contribution in [3.8, 4) is 0 Å². The summed E-state index contributed by atoms with van der Waals surface area (Å²) in [6.07, 6.45) is 4.51. The van der Waals surface area contributed by atoms with Crippen LogP contribution in [0.5, 0.6) is 0 Å². The molecule has 2 aromatic rings. The van der Waals surface area contributed by atoms with E-state index in [9.17, 15) is 0 Å². The summed E-state index contributed by atoms with van der Waals surface area (Å²) in [7, 11) is 0. The number of hydrogen-bond donors (Lipinski definition) is 0. The number of aromatic nitrogens is 2. The third-order valence-corrected chi connectivity index (χ3v) is 3.48. The van der Waals surface area contributed by atoms with Crippen LogP contribution < -0.4 is 0 Å². The molecule has 13 heavy (non-hydrogen) atoms. The summed E-state index contributed by atoms with van der Waals surface area (Å²) in [4.78, 5) is 8.98. The van der Waals surface area contributed by atoms with Crippen molar-refractivity contribution in [2.45, 2.75) is 25.7 Å². The number of fused-ring (bicyclic) bond motifs is 1. The molecule has 1 saturated carbocycles. The van der Waals surface area contributed by atoms with Gasteiger partial charge in [-0.2, -0.15) is 0 Å². The van der Waals surface area contributed by atoms with Gasteiger partial charge in [0, 0.05) is 12.1 Å². The smallest absolute Gasteiger partial charge is 0.132 e. The van der Waals surface area contributed by atoms with E-state index in [0.717, 1.165) is 11.3 Å². The van der Waals surface area contributed by atoms with E-state index in [-0.39, 0.29) is 0 Å². The van der Waals surface area contributed by atoms with Crippen LogP contribution in [0.15, 0.2) is 11.6 Å². The summed E-state index contributed by atoms with van der Waals surface area (Å²) < 4.78 is 1.21. The third kappa shape index (κ3) is 1.15.